The Balaban J connectivity index is 2.71. The fourth-order valence-corrected chi connectivity index (χ4v) is 3.94. The molecule has 0 radical (unpaired) electrons. The van der Waals surface area contributed by atoms with Crippen LogP contribution in [0, 0.1) is 0 Å². The summed E-state index contributed by atoms with van der Waals surface area (Å²) in [4.78, 5) is 2.00. The van der Waals surface area contributed by atoms with E-state index in [1.165, 1.54) is 0 Å². The molecule has 0 saturated carbocycles. The maximum Gasteiger partial charge on any atom is 0.154 e. The van der Waals surface area contributed by atoms with Crippen molar-refractivity contribution < 1.29 is 18.3 Å². The zero-order chi connectivity index (χ0) is 12.3. The van der Waals surface area contributed by atoms with Gasteiger partial charge in [-0.15, -0.1) is 0 Å². The SMILES string of the molecule is COCCN(C(C)C)C1CS(=O)(=O)CC1O. The molecule has 1 heterocycles. The van der Waals surface area contributed by atoms with E-state index in [1.54, 1.807) is 7.11 Å². The van der Waals surface area contributed by atoms with Crippen molar-refractivity contribution in [3.63, 3.8) is 0 Å². The molecule has 1 rings (SSSR count). The molecule has 16 heavy (non-hydrogen) atoms. The lowest BCUT2D eigenvalue weighted by molar-refractivity contribution is 0.0433. The third-order valence-electron chi connectivity index (χ3n) is 2.94. The second kappa shape index (κ2) is 5.44. The second-order valence-corrected chi connectivity index (χ2v) is 6.69. The monoisotopic (exact) mass is 251 g/mol. The van der Waals surface area contributed by atoms with Gasteiger partial charge in [-0.05, 0) is 13.8 Å². The van der Waals surface area contributed by atoms with E-state index >= 15 is 0 Å². The highest BCUT2D eigenvalue weighted by Crippen LogP contribution is 2.20. The lowest BCUT2D eigenvalue weighted by Gasteiger charge is -2.33. The van der Waals surface area contributed by atoms with Crippen LogP contribution in [0.2, 0.25) is 0 Å². The molecule has 0 bridgehead atoms. The molecule has 96 valence electrons. The van der Waals surface area contributed by atoms with E-state index in [1.807, 2.05) is 18.7 Å². The van der Waals surface area contributed by atoms with E-state index in [4.69, 9.17) is 4.74 Å². The maximum absolute atomic E-state index is 11.4. The Morgan fingerprint density at radius 3 is 2.44 bits per heavy atom. The highest BCUT2D eigenvalue weighted by molar-refractivity contribution is 7.91. The molecule has 0 aromatic carbocycles. The molecule has 0 aromatic heterocycles. The molecule has 1 aliphatic rings. The van der Waals surface area contributed by atoms with Gasteiger partial charge in [-0.1, -0.05) is 0 Å². The molecule has 1 aliphatic heterocycles. The summed E-state index contributed by atoms with van der Waals surface area (Å²) in [6.07, 6.45) is -0.774. The summed E-state index contributed by atoms with van der Waals surface area (Å²) in [5, 5.41) is 9.78. The minimum atomic E-state index is -3.08. The first kappa shape index (κ1) is 13.9. The van der Waals surface area contributed by atoms with Crippen LogP contribution in [-0.4, -0.2) is 68.4 Å². The summed E-state index contributed by atoms with van der Waals surface area (Å²) in [6, 6.07) is -0.0942. The van der Waals surface area contributed by atoms with Crippen molar-refractivity contribution in [1.29, 1.82) is 0 Å². The van der Waals surface area contributed by atoms with E-state index in [0.29, 0.717) is 13.2 Å². The predicted molar refractivity (Wildman–Crippen MR) is 62.2 cm³/mol. The number of hydrogen-bond donors (Lipinski definition) is 1. The molecule has 2 unspecified atom stereocenters. The van der Waals surface area contributed by atoms with E-state index in [9.17, 15) is 13.5 Å². The third-order valence-corrected chi connectivity index (χ3v) is 4.64. The molecule has 1 saturated heterocycles. The summed E-state index contributed by atoms with van der Waals surface area (Å²) in [7, 11) is -1.47. The Labute approximate surface area is 97.3 Å². The summed E-state index contributed by atoms with van der Waals surface area (Å²) < 4.78 is 27.9. The van der Waals surface area contributed by atoms with E-state index in [2.05, 4.69) is 0 Å². The van der Waals surface area contributed by atoms with Crippen LogP contribution >= 0.6 is 0 Å². The number of hydrogen-bond acceptors (Lipinski definition) is 5. The zero-order valence-corrected chi connectivity index (χ0v) is 10.9. The van der Waals surface area contributed by atoms with Gasteiger partial charge in [0, 0.05) is 19.7 Å². The van der Waals surface area contributed by atoms with Crippen LogP contribution in [0.1, 0.15) is 13.8 Å². The molecule has 1 N–H and O–H groups in total. The van der Waals surface area contributed by atoms with Gasteiger partial charge in [0.2, 0.25) is 0 Å². The van der Waals surface area contributed by atoms with Gasteiger partial charge in [-0.3, -0.25) is 4.90 Å². The van der Waals surface area contributed by atoms with Crippen LogP contribution in [0.25, 0.3) is 0 Å². The minimum absolute atomic E-state index is 0.0516. The highest BCUT2D eigenvalue weighted by Gasteiger charge is 2.40. The van der Waals surface area contributed by atoms with Crippen LogP contribution < -0.4 is 0 Å². The van der Waals surface area contributed by atoms with Gasteiger partial charge in [0.15, 0.2) is 9.84 Å². The van der Waals surface area contributed by atoms with Crippen molar-refractivity contribution in [3.8, 4) is 0 Å². The number of rotatable bonds is 5. The molecule has 1 fully saturated rings. The largest absolute Gasteiger partial charge is 0.390 e. The van der Waals surface area contributed by atoms with Crippen molar-refractivity contribution in [2.75, 3.05) is 31.8 Å². The van der Waals surface area contributed by atoms with Crippen molar-refractivity contribution in [1.82, 2.24) is 4.90 Å². The van der Waals surface area contributed by atoms with Crippen LogP contribution in [0.3, 0.4) is 0 Å². The normalized spacial score (nSPS) is 29.1. The van der Waals surface area contributed by atoms with E-state index < -0.39 is 15.9 Å². The fourth-order valence-electron chi connectivity index (χ4n) is 2.13. The van der Waals surface area contributed by atoms with Gasteiger partial charge >= 0.3 is 0 Å². The van der Waals surface area contributed by atoms with Crippen molar-refractivity contribution in [2.24, 2.45) is 0 Å². The van der Waals surface area contributed by atoms with Gasteiger partial charge < -0.3 is 9.84 Å². The number of methoxy groups -OCH3 is 1. The van der Waals surface area contributed by atoms with Gasteiger partial charge in [0.1, 0.15) is 0 Å². The Morgan fingerprint density at radius 2 is 2.06 bits per heavy atom. The van der Waals surface area contributed by atoms with E-state index in [0.717, 1.165) is 0 Å². The Hall–Kier alpha value is -0.170. The molecule has 6 heteroatoms. The Bertz CT molecular complexity index is 315. The first-order valence-electron chi connectivity index (χ1n) is 5.50. The maximum atomic E-state index is 11.4. The van der Waals surface area contributed by atoms with Gasteiger partial charge in [-0.2, -0.15) is 0 Å². The summed E-state index contributed by atoms with van der Waals surface area (Å²) in [5.74, 6) is -0.0655. The average Bonchev–Trinajstić information content (AvgIpc) is 2.40. The Kier molecular flexibility index (Phi) is 4.73. The second-order valence-electron chi connectivity index (χ2n) is 4.54. The zero-order valence-electron chi connectivity index (χ0n) is 10.1. The number of aliphatic hydroxyl groups is 1. The van der Waals surface area contributed by atoms with Gasteiger partial charge in [0.05, 0.1) is 30.3 Å². The average molecular weight is 251 g/mol. The van der Waals surface area contributed by atoms with Crippen molar-refractivity contribution in [2.45, 2.75) is 32.0 Å². The summed E-state index contributed by atoms with van der Waals surface area (Å²) in [5.41, 5.74) is 0. The minimum Gasteiger partial charge on any atom is -0.390 e. The first-order chi connectivity index (χ1) is 7.37. The summed E-state index contributed by atoms with van der Waals surface area (Å²) >= 11 is 0. The van der Waals surface area contributed by atoms with Crippen molar-refractivity contribution in [3.05, 3.63) is 0 Å². The standard InChI is InChI=1S/C10H21NO4S/c1-8(2)11(4-5-15-3)9-6-16(13,14)7-10(9)12/h8-10,12H,4-7H2,1-3H3. The molecule has 0 aromatic rings. The topological polar surface area (TPSA) is 66.8 Å². The van der Waals surface area contributed by atoms with Crippen LogP contribution in [0.5, 0.6) is 0 Å². The summed E-state index contributed by atoms with van der Waals surface area (Å²) in [6.45, 7) is 5.17. The quantitative estimate of drug-likeness (QED) is 0.713. The van der Waals surface area contributed by atoms with Crippen molar-refractivity contribution >= 4 is 9.84 Å². The lowest BCUT2D eigenvalue weighted by Crippen LogP contribution is -2.48. The third kappa shape index (κ3) is 3.41. The van der Waals surface area contributed by atoms with E-state index in [-0.39, 0.29) is 23.6 Å². The first-order valence-corrected chi connectivity index (χ1v) is 7.32. The van der Waals surface area contributed by atoms with Crippen LogP contribution in [0.4, 0.5) is 0 Å². The molecule has 2 atom stereocenters. The fraction of sp³-hybridized carbons (Fsp3) is 1.00. The van der Waals surface area contributed by atoms with Crippen LogP contribution in [-0.2, 0) is 14.6 Å². The van der Waals surface area contributed by atoms with Crippen LogP contribution in [0.15, 0.2) is 0 Å². The molecule has 0 spiro atoms. The smallest absolute Gasteiger partial charge is 0.154 e. The number of nitrogens with zero attached hydrogens (tertiary/aromatic N) is 1. The molecule has 0 aliphatic carbocycles. The predicted octanol–water partition coefficient (Wildman–Crippen LogP) is -0.499. The highest BCUT2D eigenvalue weighted by atomic mass is 32.2. The number of ether oxygens (including phenoxy) is 1. The molecule has 5 nitrogen and oxygen atoms in total. The molecule has 0 amide bonds. The lowest BCUT2D eigenvalue weighted by atomic mass is 10.1. The molecular formula is C10H21NO4S. The van der Waals surface area contributed by atoms with Gasteiger partial charge in [-0.25, -0.2) is 8.42 Å². The Morgan fingerprint density at radius 1 is 1.44 bits per heavy atom. The van der Waals surface area contributed by atoms with Gasteiger partial charge in [0.25, 0.3) is 0 Å². The number of aliphatic hydroxyl groups excluding tert-OH is 1. The molecular weight excluding hydrogens is 230 g/mol. The number of sulfone groups is 1.